The second kappa shape index (κ2) is 5.85. The van der Waals surface area contributed by atoms with Crippen molar-refractivity contribution in [1.29, 1.82) is 0 Å². The maximum Gasteiger partial charge on any atom is 0.265 e. The molecular weight excluding hydrogens is 276 g/mol. The third-order valence-corrected chi connectivity index (χ3v) is 3.74. The smallest absolute Gasteiger partial charge is 0.265 e. The predicted molar refractivity (Wildman–Crippen MR) is 86.9 cm³/mol. The van der Waals surface area contributed by atoms with Gasteiger partial charge in [0.15, 0.2) is 0 Å². The Bertz CT molecular complexity index is 882. The number of hydrogen-bond donors (Lipinski definition) is 1. The number of carbonyl (C=O) groups excluding carboxylic acids is 1. The first-order valence-corrected chi connectivity index (χ1v) is 7.13. The summed E-state index contributed by atoms with van der Waals surface area (Å²) < 4.78 is 1.47. The molecule has 1 heterocycles. The lowest BCUT2D eigenvalue weighted by atomic mass is 10.1. The van der Waals surface area contributed by atoms with Crippen LogP contribution < -0.4 is 11.3 Å². The number of primary amides is 1. The summed E-state index contributed by atoms with van der Waals surface area (Å²) in [7, 11) is 0. The van der Waals surface area contributed by atoms with Crippen LogP contribution in [0.25, 0.3) is 10.8 Å². The number of nitrogens with two attached hydrogens (primary N) is 1. The number of carbonyl (C=O) groups is 1. The lowest BCUT2D eigenvalue weighted by Crippen LogP contribution is -2.29. The fourth-order valence-electron chi connectivity index (χ4n) is 2.61. The van der Waals surface area contributed by atoms with E-state index in [1.165, 1.54) is 4.57 Å². The molecule has 0 bridgehead atoms. The van der Waals surface area contributed by atoms with Crippen LogP contribution in [-0.4, -0.2) is 10.5 Å². The van der Waals surface area contributed by atoms with Crippen LogP contribution in [0.1, 0.15) is 16.1 Å². The largest absolute Gasteiger partial charge is 0.364 e. The summed E-state index contributed by atoms with van der Waals surface area (Å²) in [5.41, 5.74) is 6.63. The van der Waals surface area contributed by atoms with Crippen LogP contribution in [0.15, 0.2) is 65.5 Å². The SMILES string of the molecule is NC(=O)c1cc2ccccc2c(=O)n1CCc1ccccc1. The number of hydrogen-bond acceptors (Lipinski definition) is 2. The summed E-state index contributed by atoms with van der Waals surface area (Å²) in [5.74, 6) is -0.587. The molecule has 0 aliphatic rings. The Labute approximate surface area is 127 Å². The van der Waals surface area contributed by atoms with Crippen LogP contribution in [0, 0.1) is 0 Å². The number of fused-ring (bicyclic) bond motifs is 1. The van der Waals surface area contributed by atoms with Crippen LogP contribution in [0.2, 0.25) is 0 Å². The quantitative estimate of drug-likeness (QED) is 0.802. The molecule has 0 radical (unpaired) electrons. The van der Waals surface area contributed by atoms with Crippen molar-refractivity contribution in [3.63, 3.8) is 0 Å². The Morgan fingerprint density at radius 3 is 2.41 bits per heavy atom. The molecule has 0 unspecified atom stereocenters. The van der Waals surface area contributed by atoms with Gasteiger partial charge in [0.25, 0.3) is 11.5 Å². The van der Waals surface area contributed by atoms with Gasteiger partial charge >= 0.3 is 0 Å². The molecule has 4 heteroatoms. The molecule has 0 aliphatic heterocycles. The molecule has 0 spiro atoms. The number of pyridine rings is 1. The topological polar surface area (TPSA) is 65.1 Å². The van der Waals surface area contributed by atoms with E-state index in [1.54, 1.807) is 12.1 Å². The summed E-state index contributed by atoms with van der Waals surface area (Å²) in [6.07, 6.45) is 0.666. The number of rotatable bonds is 4. The Morgan fingerprint density at radius 1 is 1.00 bits per heavy atom. The number of aromatic nitrogens is 1. The van der Waals surface area contributed by atoms with Crippen molar-refractivity contribution >= 4 is 16.7 Å². The van der Waals surface area contributed by atoms with Crippen molar-refractivity contribution < 1.29 is 4.79 Å². The molecule has 0 saturated heterocycles. The van der Waals surface area contributed by atoms with Gasteiger partial charge in [0.2, 0.25) is 0 Å². The van der Waals surface area contributed by atoms with Crippen molar-refractivity contribution in [2.45, 2.75) is 13.0 Å². The van der Waals surface area contributed by atoms with Crippen LogP contribution in [0.5, 0.6) is 0 Å². The molecule has 22 heavy (non-hydrogen) atoms. The predicted octanol–water partition coefficient (Wildman–Crippen LogP) is 2.34. The summed E-state index contributed by atoms with van der Waals surface area (Å²) in [6, 6.07) is 18.7. The lowest BCUT2D eigenvalue weighted by molar-refractivity contribution is 0.0990. The molecule has 3 rings (SSSR count). The highest BCUT2D eigenvalue weighted by atomic mass is 16.2. The number of amides is 1. The Hall–Kier alpha value is -2.88. The standard InChI is InChI=1S/C18H16N2O2/c19-17(21)16-12-14-8-4-5-9-15(14)18(22)20(16)11-10-13-6-2-1-3-7-13/h1-9,12H,10-11H2,(H2,19,21). The highest BCUT2D eigenvalue weighted by Gasteiger charge is 2.12. The van der Waals surface area contributed by atoms with E-state index in [2.05, 4.69) is 0 Å². The molecule has 4 nitrogen and oxygen atoms in total. The first-order chi connectivity index (χ1) is 10.7. The van der Waals surface area contributed by atoms with Gasteiger partial charge in [-0.2, -0.15) is 0 Å². The summed E-state index contributed by atoms with van der Waals surface area (Å²) in [6.45, 7) is 0.423. The fourth-order valence-corrected chi connectivity index (χ4v) is 2.61. The summed E-state index contributed by atoms with van der Waals surface area (Å²) in [4.78, 5) is 24.3. The number of benzene rings is 2. The third kappa shape index (κ3) is 2.63. The van der Waals surface area contributed by atoms with E-state index < -0.39 is 5.91 Å². The first-order valence-electron chi connectivity index (χ1n) is 7.13. The fraction of sp³-hybridized carbons (Fsp3) is 0.111. The Kier molecular flexibility index (Phi) is 3.74. The van der Waals surface area contributed by atoms with Crippen molar-refractivity contribution in [3.05, 3.63) is 82.3 Å². The van der Waals surface area contributed by atoms with Gasteiger partial charge in [0.1, 0.15) is 5.69 Å². The first kappa shape index (κ1) is 14.1. The summed E-state index contributed by atoms with van der Waals surface area (Å²) >= 11 is 0. The van der Waals surface area contributed by atoms with Crippen molar-refractivity contribution in [2.24, 2.45) is 5.73 Å². The Morgan fingerprint density at radius 2 is 1.68 bits per heavy atom. The van der Waals surface area contributed by atoms with Crippen LogP contribution in [0.3, 0.4) is 0 Å². The second-order valence-corrected chi connectivity index (χ2v) is 5.17. The van der Waals surface area contributed by atoms with Crippen LogP contribution in [-0.2, 0) is 13.0 Å². The highest BCUT2D eigenvalue weighted by molar-refractivity contribution is 5.95. The molecule has 1 aromatic heterocycles. The van der Waals surface area contributed by atoms with Crippen molar-refractivity contribution in [2.75, 3.05) is 0 Å². The molecule has 2 aromatic carbocycles. The molecule has 1 amide bonds. The van der Waals surface area contributed by atoms with Gasteiger partial charge < -0.3 is 10.3 Å². The van der Waals surface area contributed by atoms with Gasteiger partial charge in [-0.3, -0.25) is 9.59 Å². The van der Waals surface area contributed by atoms with E-state index >= 15 is 0 Å². The van der Waals surface area contributed by atoms with Crippen LogP contribution >= 0.6 is 0 Å². The van der Waals surface area contributed by atoms with E-state index in [0.29, 0.717) is 18.4 Å². The maximum atomic E-state index is 12.6. The molecule has 2 N–H and O–H groups in total. The van der Waals surface area contributed by atoms with Gasteiger partial charge in [0, 0.05) is 11.9 Å². The normalized spacial score (nSPS) is 10.7. The van der Waals surface area contributed by atoms with Gasteiger partial charge in [-0.25, -0.2) is 0 Å². The van der Waals surface area contributed by atoms with E-state index in [0.717, 1.165) is 10.9 Å². The van der Waals surface area contributed by atoms with Gasteiger partial charge in [0.05, 0.1) is 0 Å². The highest BCUT2D eigenvalue weighted by Crippen LogP contribution is 2.12. The average molecular weight is 292 g/mol. The third-order valence-electron chi connectivity index (χ3n) is 3.74. The van der Waals surface area contributed by atoms with E-state index in [4.69, 9.17) is 5.73 Å². The van der Waals surface area contributed by atoms with Gasteiger partial charge in [-0.1, -0.05) is 48.5 Å². The van der Waals surface area contributed by atoms with E-state index in [1.807, 2.05) is 48.5 Å². The molecule has 110 valence electrons. The Balaban J connectivity index is 2.07. The minimum absolute atomic E-state index is 0.178. The lowest BCUT2D eigenvalue weighted by Gasteiger charge is -2.12. The zero-order valence-corrected chi connectivity index (χ0v) is 12.0. The van der Waals surface area contributed by atoms with E-state index in [9.17, 15) is 9.59 Å². The monoisotopic (exact) mass is 292 g/mol. The molecule has 0 fully saturated rings. The van der Waals surface area contributed by atoms with Crippen molar-refractivity contribution in [3.8, 4) is 0 Å². The van der Waals surface area contributed by atoms with Crippen molar-refractivity contribution in [1.82, 2.24) is 4.57 Å². The van der Waals surface area contributed by atoms with E-state index in [-0.39, 0.29) is 11.3 Å². The molecule has 3 aromatic rings. The molecule has 0 atom stereocenters. The zero-order chi connectivity index (χ0) is 15.5. The van der Waals surface area contributed by atoms with Gasteiger partial charge in [-0.05, 0) is 29.5 Å². The second-order valence-electron chi connectivity index (χ2n) is 5.17. The minimum Gasteiger partial charge on any atom is -0.364 e. The minimum atomic E-state index is -0.587. The zero-order valence-electron chi connectivity index (χ0n) is 12.0. The molecule has 0 saturated carbocycles. The summed E-state index contributed by atoms with van der Waals surface area (Å²) in [5, 5.41) is 1.33. The molecule has 0 aliphatic carbocycles. The maximum absolute atomic E-state index is 12.6. The average Bonchev–Trinajstić information content (AvgIpc) is 2.54. The van der Waals surface area contributed by atoms with Gasteiger partial charge in [-0.15, -0.1) is 0 Å². The number of nitrogens with zero attached hydrogens (tertiary/aromatic N) is 1. The number of aryl methyl sites for hydroxylation is 1. The van der Waals surface area contributed by atoms with Crippen LogP contribution in [0.4, 0.5) is 0 Å². The molecular formula is C18H16N2O2.